The van der Waals surface area contributed by atoms with Gasteiger partial charge in [-0.05, 0) is 47.5 Å². The van der Waals surface area contributed by atoms with E-state index in [0.29, 0.717) is 6.42 Å². The second-order valence-electron chi connectivity index (χ2n) is 4.48. The lowest BCUT2D eigenvalue weighted by atomic mass is 10.1. The zero-order chi connectivity index (χ0) is 13.2. The Morgan fingerprint density at radius 1 is 1.21 bits per heavy atom. The number of aromatic nitrogens is 1. The zero-order valence-corrected chi connectivity index (χ0v) is 10.6. The highest BCUT2D eigenvalue weighted by Gasteiger charge is 2.24. The third-order valence-corrected chi connectivity index (χ3v) is 3.28. The third-order valence-electron chi connectivity index (χ3n) is 3.28. The number of ketones is 1. The van der Waals surface area contributed by atoms with E-state index in [1.807, 2.05) is 36.4 Å². The number of carbonyl (C=O) groups is 1. The fourth-order valence-electron chi connectivity index (χ4n) is 2.30. The molecule has 0 N–H and O–H groups in total. The summed E-state index contributed by atoms with van der Waals surface area (Å²) in [6.45, 7) is 0. The molecule has 0 amide bonds. The van der Waals surface area contributed by atoms with Crippen LogP contribution in [0.1, 0.15) is 21.5 Å². The molecule has 0 aliphatic heterocycles. The second-order valence-corrected chi connectivity index (χ2v) is 4.48. The highest BCUT2D eigenvalue weighted by atomic mass is 16.5. The fourth-order valence-corrected chi connectivity index (χ4v) is 2.30. The van der Waals surface area contributed by atoms with Crippen LogP contribution < -0.4 is 4.74 Å². The van der Waals surface area contributed by atoms with Crippen LogP contribution in [0.15, 0.2) is 48.3 Å². The number of carbonyl (C=O) groups excluding carboxylic acids is 1. The van der Waals surface area contributed by atoms with Crippen molar-refractivity contribution in [2.45, 2.75) is 6.42 Å². The van der Waals surface area contributed by atoms with Gasteiger partial charge in [0.15, 0.2) is 5.78 Å². The van der Waals surface area contributed by atoms with Crippen LogP contribution in [0.25, 0.3) is 6.08 Å². The molecule has 0 unspecified atom stereocenters. The Labute approximate surface area is 111 Å². The van der Waals surface area contributed by atoms with Gasteiger partial charge in [0.05, 0.1) is 7.11 Å². The van der Waals surface area contributed by atoms with E-state index >= 15 is 0 Å². The van der Waals surface area contributed by atoms with E-state index < -0.39 is 0 Å². The molecule has 1 aliphatic rings. The number of ether oxygens (including phenoxy) is 1. The molecule has 0 saturated heterocycles. The van der Waals surface area contributed by atoms with Crippen molar-refractivity contribution >= 4 is 11.9 Å². The molecular weight excluding hydrogens is 238 g/mol. The Kier molecular flexibility index (Phi) is 2.88. The summed E-state index contributed by atoms with van der Waals surface area (Å²) in [5, 5.41) is 0. The van der Waals surface area contributed by atoms with Crippen molar-refractivity contribution in [3.05, 3.63) is 65.0 Å². The number of fused-ring (bicyclic) bond motifs is 1. The first-order chi connectivity index (χ1) is 9.28. The van der Waals surface area contributed by atoms with Crippen LogP contribution in [-0.4, -0.2) is 17.9 Å². The number of Topliss-reactive ketones (excluding diaryl/α,β-unsaturated/α-hetero) is 1. The van der Waals surface area contributed by atoms with Crippen LogP contribution in [-0.2, 0) is 6.42 Å². The minimum atomic E-state index is 0.106. The number of allylic oxidation sites excluding steroid dienone is 1. The number of nitrogens with zero attached hydrogens (tertiary/aromatic N) is 1. The monoisotopic (exact) mass is 251 g/mol. The summed E-state index contributed by atoms with van der Waals surface area (Å²) in [5.74, 6) is 0.895. The highest BCUT2D eigenvalue weighted by Crippen LogP contribution is 2.30. The van der Waals surface area contributed by atoms with E-state index in [1.54, 1.807) is 19.5 Å². The average Bonchev–Trinajstić information content (AvgIpc) is 2.76. The van der Waals surface area contributed by atoms with Gasteiger partial charge in [-0.15, -0.1) is 0 Å². The van der Waals surface area contributed by atoms with Crippen LogP contribution in [0.3, 0.4) is 0 Å². The highest BCUT2D eigenvalue weighted by molar-refractivity contribution is 6.15. The van der Waals surface area contributed by atoms with Crippen molar-refractivity contribution < 1.29 is 9.53 Å². The maximum Gasteiger partial charge on any atom is 0.189 e. The number of rotatable bonds is 2. The average molecular weight is 251 g/mol. The Bertz CT molecular complexity index is 660. The van der Waals surface area contributed by atoms with Gasteiger partial charge in [-0.3, -0.25) is 9.78 Å². The predicted molar refractivity (Wildman–Crippen MR) is 73.2 cm³/mol. The van der Waals surface area contributed by atoms with Crippen LogP contribution in [0.5, 0.6) is 5.75 Å². The lowest BCUT2D eigenvalue weighted by Gasteiger charge is -2.01. The van der Waals surface area contributed by atoms with Gasteiger partial charge >= 0.3 is 0 Å². The molecule has 94 valence electrons. The van der Waals surface area contributed by atoms with Gasteiger partial charge in [0, 0.05) is 30.0 Å². The molecule has 0 saturated carbocycles. The van der Waals surface area contributed by atoms with E-state index in [1.165, 1.54) is 0 Å². The van der Waals surface area contributed by atoms with Gasteiger partial charge in [-0.1, -0.05) is 0 Å². The van der Waals surface area contributed by atoms with E-state index in [-0.39, 0.29) is 5.78 Å². The lowest BCUT2D eigenvalue weighted by molar-refractivity contribution is 0.104. The van der Waals surface area contributed by atoms with E-state index in [2.05, 4.69) is 4.98 Å². The Balaban J connectivity index is 1.97. The fraction of sp³-hybridized carbons (Fsp3) is 0.125. The quantitative estimate of drug-likeness (QED) is 0.770. The van der Waals surface area contributed by atoms with Gasteiger partial charge < -0.3 is 4.74 Å². The SMILES string of the molecule is COc1ccc2c(c1)C/C(=C/c1ccncc1)C2=O. The number of pyridine rings is 1. The predicted octanol–water partition coefficient (Wildman–Crippen LogP) is 2.91. The number of hydrogen-bond acceptors (Lipinski definition) is 3. The largest absolute Gasteiger partial charge is 0.497 e. The van der Waals surface area contributed by atoms with Crippen molar-refractivity contribution in [3.63, 3.8) is 0 Å². The van der Waals surface area contributed by atoms with Gasteiger partial charge in [-0.25, -0.2) is 0 Å². The normalized spacial score (nSPS) is 15.6. The standard InChI is InChI=1S/C16H13NO2/c1-19-14-2-3-15-12(10-14)9-13(16(15)18)8-11-4-6-17-7-5-11/h2-8,10H,9H2,1H3/b13-8-. The maximum atomic E-state index is 12.3. The first-order valence-electron chi connectivity index (χ1n) is 6.10. The molecule has 3 nitrogen and oxygen atoms in total. The molecule has 1 aliphatic carbocycles. The molecule has 0 spiro atoms. The Hall–Kier alpha value is -2.42. The van der Waals surface area contributed by atoms with Gasteiger partial charge in [0.2, 0.25) is 0 Å². The van der Waals surface area contributed by atoms with E-state index in [0.717, 1.165) is 28.0 Å². The van der Waals surface area contributed by atoms with Crippen molar-refractivity contribution in [1.82, 2.24) is 4.98 Å². The molecule has 1 aromatic carbocycles. The summed E-state index contributed by atoms with van der Waals surface area (Å²) in [5.41, 5.74) is 3.62. The van der Waals surface area contributed by atoms with E-state index in [9.17, 15) is 4.79 Å². The number of benzene rings is 1. The number of methoxy groups -OCH3 is 1. The lowest BCUT2D eigenvalue weighted by Crippen LogP contribution is -1.95. The minimum absolute atomic E-state index is 0.106. The topological polar surface area (TPSA) is 39.2 Å². The van der Waals surface area contributed by atoms with E-state index in [4.69, 9.17) is 4.74 Å². The van der Waals surface area contributed by atoms with Crippen LogP contribution in [0.2, 0.25) is 0 Å². The summed E-state index contributed by atoms with van der Waals surface area (Å²) in [7, 11) is 1.63. The maximum absolute atomic E-state index is 12.3. The van der Waals surface area contributed by atoms with Gasteiger partial charge in [0.1, 0.15) is 5.75 Å². The summed E-state index contributed by atoms with van der Waals surface area (Å²) in [4.78, 5) is 16.2. The summed E-state index contributed by atoms with van der Waals surface area (Å²) in [6, 6.07) is 9.38. The third kappa shape index (κ3) is 2.15. The second kappa shape index (κ2) is 4.69. The Morgan fingerprint density at radius 3 is 2.74 bits per heavy atom. The summed E-state index contributed by atoms with van der Waals surface area (Å²) >= 11 is 0. The molecule has 1 heterocycles. The Morgan fingerprint density at radius 2 is 2.00 bits per heavy atom. The molecule has 0 bridgehead atoms. The molecule has 3 rings (SSSR count). The molecule has 3 heteroatoms. The molecule has 0 atom stereocenters. The number of hydrogen-bond donors (Lipinski definition) is 0. The molecule has 2 aromatic rings. The molecule has 0 fully saturated rings. The van der Waals surface area contributed by atoms with Crippen LogP contribution >= 0.6 is 0 Å². The smallest absolute Gasteiger partial charge is 0.189 e. The molecule has 0 radical (unpaired) electrons. The minimum Gasteiger partial charge on any atom is -0.497 e. The van der Waals surface area contributed by atoms with Crippen molar-refractivity contribution in [2.24, 2.45) is 0 Å². The van der Waals surface area contributed by atoms with Crippen molar-refractivity contribution in [3.8, 4) is 5.75 Å². The zero-order valence-electron chi connectivity index (χ0n) is 10.6. The molecular formula is C16H13NO2. The van der Waals surface area contributed by atoms with Gasteiger partial charge in [0.25, 0.3) is 0 Å². The summed E-state index contributed by atoms with van der Waals surface area (Å²) < 4.78 is 5.19. The molecule has 19 heavy (non-hydrogen) atoms. The van der Waals surface area contributed by atoms with Crippen molar-refractivity contribution in [1.29, 1.82) is 0 Å². The van der Waals surface area contributed by atoms with Gasteiger partial charge in [-0.2, -0.15) is 0 Å². The summed E-state index contributed by atoms with van der Waals surface area (Å²) in [6.07, 6.45) is 6.04. The van der Waals surface area contributed by atoms with Crippen LogP contribution in [0, 0.1) is 0 Å². The first kappa shape index (κ1) is 11.7. The first-order valence-corrected chi connectivity index (χ1v) is 6.10. The molecule has 1 aromatic heterocycles. The van der Waals surface area contributed by atoms with Crippen molar-refractivity contribution in [2.75, 3.05) is 7.11 Å². The van der Waals surface area contributed by atoms with Crippen LogP contribution in [0.4, 0.5) is 0 Å².